The molecule has 22 heavy (non-hydrogen) atoms. The minimum atomic E-state index is -3.68. The SMILES string of the molecule is COc1cnc2c(ccn2S(=O)(=O)c2ccc(C)cc2)c1Br. The van der Waals surface area contributed by atoms with Gasteiger partial charge in [-0.15, -0.1) is 0 Å². The summed E-state index contributed by atoms with van der Waals surface area (Å²) in [6, 6.07) is 8.42. The lowest BCUT2D eigenvalue weighted by atomic mass is 10.2. The van der Waals surface area contributed by atoms with Crippen molar-refractivity contribution in [3.8, 4) is 5.75 Å². The van der Waals surface area contributed by atoms with Crippen molar-refractivity contribution in [1.82, 2.24) is 8.96 Å². The summed E-state index contributed by atoms with van der Waals surface area (Å²) < 4.78 is 32.6. The molecule has 0 fully saturated rings. The normalized spacial score (nSPS) is 11.8. The van der Waals surface area contributed by atoms with E-state index < -0.39 is 10.0 Å². The number of hydrogen-bond donors (Lipinski definition) is 0. The van der Waals surface area contributed by atoms with Gasteiger partial charge in [-0.3, -0.25) is 0 Å². The minimum absolute atomic E-state index is 0.226. The van der Waals surface area contributed by atoms with E-state index in [9.17, 15) is 8.42 Å². The van der Waals surface area contributed by atoms with Gasteiger partial charge >= 0.3 is 0 Å². The molecule has 0 aliphatic carbocycles. The highest BCUT2D eigenvalue weighted by Gasteiger charge is 2.21. The van der Waals surface area contributed by atoms with Crippen LogP contribution in [-0.2, 0) is 10.0 Å². The quantitative estimate of drug-likeness (QED) is 0.698. The Hall–Kier alpha value is -1.86. The molecule has 3 aromatic rings. The van der Waals surface area contributed by atoms with Gasteiger partial charge in [-0.2, -0.15) is 0 Å². The van der Waals surface area contributed by atoms with E-state index in [1.807, 2.05) is 6.92 Å². The summed E-state index contributed by atoms with van der Waals surface area (Å²) in [4.78, 5) is 4.44. The fourth-order valence-corrected chi connectivity index (χ4v) is 4.05. The van der Waals surface area contributed by atoms with Crippen molar-refractivity contribution in [2.24, 2.45) is 0 Å². The number of benzene rings is 1. The molecule has 0 aliphatic heterocycles. The van der Waals surface area contributed by atoms with Crippen LogP contribution in [0.1, 0.15) is 5.56 Å². The molecule has 3 rings (SSSR count). The van der Waals surface area contributed by atoms with Crippen molar-refractivity contribution in [2.75, 3.05) is 7.11 Å². The van der Waals surface area contributed by atoms with Crippen LogP contribution in [0.25, 0.3) is 11.0 Å². The Morgan fingerprint density at radius 2 is 1.86 bits per heavy atom. The lowest BCUT2D eigenvalue weighted by Crippen LogP contribution is -2.12. The van der Waals surface area contributed by atoms with Crippen LogP contribution in [0.3, 0.4) is 0 Å². The van der Waals surface area contributed by atoms with Crippen molar-refractivity contribution in [3.63, 3.8) is 0 Å². The molecule has 0 bridgehead atoms. The largest absolute Gasteiger partial charge is 0.494 e. The summed E-state index contributed by atoms with van der Waals surface area (Å²) in [7, 11) is -2.15. The standard InChI is InChI=1S/C15H13BrN2O3S/c1-10-3-5-11(6-4-10)22(19,20)18-8-7-12-14(16)13(21-2)9-17-15(12)18/h3-9H,1-2H3. The van der Waals surface area contributed by atoms with Gasteiger partial charge in [-0.25, -0.2) is 17.4 Å². The molecular weight excluding hydrogens is 368 g/mol. The van der Waals surface area contributed by atoms with Gasteiger partial charge < -0.3 is 4.74 Å². The number of methoxy groups -OCH3 is 1. The zero-order valence-electron chi connectivity index (χ0n) is 11.9. The Balaban J connectivity index is 2.22. The van der Waals surface area contributed by atoms with Gasteiger partial charge in [0.2, 0.25) is 0 Å². The molecule has 5 nitrogen and oxygen atoms in total. The highest BCUT2D eigenvalue weighted by Crippen LogP contribution is 2.33. The predicted molar refractivity (Wildman–Crippen MR) is 87.7 cm³/mol. The molecule has 1 aromatic carbocycles. The molecule has 0 saturated heterocycles. The topological polar surface area (TPSA) is 61.2 Å². The highest BCUT2D eigenvalue weighted by atomic mass is 79.9. The Morgan fingerprint density at radius 1 is 1.18 bits per heavy atom. The molecule has 2 heterocycles. The number of aryl methyl sites for hydroxylation is 1. The molecule has 7 heteroatoms. The van der Waals surface area contributed by atoms with Crippen molar-refractivity contribution in [2.45, 2.75) is 11.8 Å². The second-order valence-electron chi connectivity index (χ2n) is 4.81. The first-order valence-corrected chi connectivity index (χ1v) is 8.70. The Bertz CT molecular complexity index is 947. The van der Waals surface area contributed by atoms with Gasteiger partial charge in [0.25, 0.3) is 10.0 Å². The zero-order chi connectivity index (χ0) is 15.9. The summed E-state index contributed by atoms with van der Waals surface area (Å²) >= 11 is 3.41. The van der Waals surface area contributed by atoms with E-state index in [-0.39, 0.29) is 4.90 Å². The second kappa shape index (κ2) is 5.40. The number of aromatic nitrogens is 2. The summed E-state index contributed by atoms with van der Waals surface area (Å²) in [6.45, 7) is 1.91. The molecule has 0 radical (unpaired) electrons. The number of rotatable bonds is 3. The lowest BCUT2D eigenvalue weighted by Gasteiger charge is -2.08. The maximum Gasteiger partial charge on any atom is 0.269 e. The molecule has 0 amide bonds. The summed E-state index contributed by atoms with van der Waals surface area (Å²) in [5, 5.41) is 0.676. The number of nitrogens with zero attached hydrogens (tertiary/aromatic N) is 2. The molecule has 0 aliphatic rings. The van der Waals surface area contributed by atoms with Crippen LogP contribution < -0.4 is 4.74 Å². The zero-order valence-corrected chi connectivity index (χ0v) is 14.3. The van der Waals surface area contributed by atoms with Crippen LogP contribution in [-0.4, -0.2) is 24.5 Å². The molecular formula is C15H13BrN2O3S. The van der Waals surface area contributed by atoms with Crippen molar-refractivity contribution < 1.29 is 13.2 Å². The molecule has 0 N–H and O–H groups in total. The van der Waals surface area contributed by atoms with E-state index in [1.165, 1.54) is 23.5 Å². The Labute approximate surface area is 136 Å². The van der Waals surface area contributed by atoms with Crippen LogP contribution in [0.4, 0.5) is 0 Å². The fraction of sp³-hybridized carbons (Fsp3) is 0.133. The average molecular weight is 381 g/mol. The van der Waals surface area contributed by atoms with Gasteiger partial charge in [-0.05, 0) is 41.1 Å². The second-order valence-corrected chi connectivity index (χ2v) is 7.42. The molecule has 0 unspecified atom stereocenters. The third-order valence-electron chi connectivity index (χ3n) is 3.38. The first-order chi connectivity index (χ1) is 10.4. The van der Waals surface area contributed by atoms with E-state index in [1.54, 1.807) is 30.3 Å². The summed E-state index contributed by atoms with van der Waals surface area (Å²) in [6.07, 6.45) is 2.99. The van der Waals surface area contributed by atoms with Crippen LogP contribution in [0.2, 0.25) is 0 Å². The summed E-state index contributed by atoms with van der Waals surface area (Å²) in [5.74, 6) is 0.554. The van der Waals surface area contributed by atoms with E-state index in [2.05, 4.69) is 20.9 Å². The third-order valence-corrected chi connectivity index (χ3v) is 5.88. The number of halogens is 1. The van der Waals surface area contributed by atoms with Crippen LogP contribution in [0.15, 0.2) is 52.1 Å². The van der Waals surface area contributed by atoms with E-state index >= 15 is 0 Å². The van der Waals surface area contributed by atoms with Crippen molar-refractivity contribution in [3.05, 3.63) is 52.8 Å². The number of hydrogen-bond acceptors (Lipinski definition) is 4. The molecule has 2 aromatic heterocycles. The van der Waals surface area contributed by atoms with Gasteiger partial charge in [0.1, 0.15) is 0 Å². The van der Waals surface area contributed by atoms with Gasteiger partial charge in [-0.1, -0.05) is 17.7 Å². The first-order valence-electron chi connectivity index (χ1n) is 6.47. The van der Waals surface area contributed by atoms with Gasteiger partial charge in [0.05, 0.1) is 22.7 Å². The first kappa shape index (κ1) is 15.1. The number of pyridine rings is 1. The molecule has 0 atom stereocenters. The lowest BCUT2D eigenvalue weighted by molar-refractivity contribution is 0.411. The van der Waals surface area contributed by atoms with Crippen LogP contribution in [0, 0.1) is 6.92 Å². The summed E-state index contributed by atoms with van der Waals surface area (Å²) in [5.41, 5.74) is 1.36. The molecule has 0 spiro atoms. The highest BCUT2D eigenvalue weighted by molar-refractivity contribution is 9.10. The maximum atomic E-state index is 12.8. The minimum Gasteiger partial charge on any atom is -0.494 e. The Morgan fingerprint density at radius 3 is 2.50 bits per heavy atom. The smallest absolute Gasteiger partial charge is 0.269 e. The predicted octanol–water partition coefficient (Wildman–Crippen LogP) is 3.35. The average Bonchev–Trinajstić information content (AvgIpc) is 2.94. The van der Waals surface area contributed by atoms with Crippen LogP contribution >= 0.6 is 15.9 Å². The maximum absolute atomic E-state index is 12.8. The fourth-order valence-electron chi connectivity index (χ4n) is 2.17. The van der Waals surface area contributed by atoms with Crippen molar-refractivity contribution in [1.29, 1.82) is 0 Å². The van der Waals surface area contributed by atoms with Crippen molar-refractivity contribution >= 4 is 37.0 Å². The van der Waals surface area contributed by atoms with E-state index in [0.29, 0.717) is 21.3 Å². The number of fused-ring (bicyclic) bond motifs is 1. The monoisotopic (exact) mass is 380 g/mol. The van der Waals surface area contributed by atoms with E-state index in [4.69, 9.17) is 4.74 Å². The molecule has 0 saturated carbocycles. The van der Waals surface area contributed by atoms with Crippen LogP contribution in [0.5, 0.6) is 5.75 Å². The third kappa shape index (κ3) is 2.30. The van der Waals surface area contributed by atoms with Gasteiger partial charge in [0, 0.05) is 11.6 Å². The van der Waals surface area contributed by atoms with Gasteiger partial charge in [0.15, 0.2) is 11.4 Å². The molecule has 114 valence electrons. The Kier molecular flexibility index (Phi) is 3.70. The number of ether oxygens (including phenoxy) is 1. The van der Waals surface area contributed by atoms with E-state index in [0.717, 1.165) is 5.56 Å².